The fraction of sp³-hybridized carbons (Fsp3) is 0.0476. The van der Waals surface area contributed by atoms with Crippen molar-refractivity contribution in [2.24, 2.45) is 5.10 Å². The van der Waals surface area contributed by atoms with E-state index in [2.05, 4.69) is 47.1 Å². The van der Waals surface area contributed by atoms with Gasteiger partial charge in [0.1, 0.15) is 23.0 Å². The van der Waals surface area contributed by atoms with E-state index in [4.69, 9.17) is 4.74 Å². The molecule has 0 radical (unpaired) electrons. The number of hydrazone groups is 1. The van der Waals surface area contributed by atoms with Crippen molar-refractivity contribution in [1.82, 2.24) is 5.43 Å². The summed E-state index contributed by atoms with van der Waals surface area (Å²) in [5.41, 5.74) is 3.26. The number of phenolic OH excluding ortho intramolecular Hbond substituents is 1. The minimum Gasteiger partial charge on any atom is -0.506 e. The van der Waals surface area contributed by atoms with E-state index in [1.807, 2.05) is 0 Å². The SMILES string of the molecule is O=C(NN=Cc1cc(Br)c(O)c(Br)c1)c1cccc(Oc2ccc(OC(F)(F)F)cc2)c1. The van der Waals surface area contributed by atoms with Crippen LogP contribution in [0.1, 0.15) is 15.9 Å². The number of rotatable bonds is 6. The molecule has 2 N–H and O–H groups in total. The molecule has 3 aromatic carbocycles. The van der Waals surface area contributed by atoms with Crippen LogP contribution in [0.2, 0.25) is 0 Å². The first-order valence-electron chi connectivity index (χ1n) is 8.76. The molecule has 0 fully saturated rings. The van der Waals surface area contributed by atoms with E-state index in [1.54, 1.807) is 30.3 Å². The molecule has 0 unspecified atom stereocenters. The number of carbonyl (C=O) groups excluding carboxylic acids is 1. The Balaban J connectivity index is 1.63. The van der Waals surface area contributed by atoms with Crippen LogP contribution in [0.4, 0.5) is 13.2 Å². The topological polar surface area (TPSA) is 80.2 Å². The summed E-state index contributed by atoms with van der Waals surface area (Å²) < 4.78 is 47.0. The van der Waals surface area contributed by atoms with Crippen LogP contribution < -0.4 is 14.9 Å². The van der Waals surface area contributed by atoms with Crippen LogP contribution in [0.3, 0.4) is 0 Å². The van der Waals surface area contributed by atoms with Crippen LogP contribution in [0.25, 0.3) is 0 Å². The van der Waals surface area contributed by atoms with Gasteiger partial charge in [0.15, 0.2) is 0 Å². The monoisotopic (exact) mass is 572 g/mol. The Hall–Kier alpha value is -3.05. The van der Waals surface area contributed by atoms with Gasteiger partial charge in [0.25, 0.3) is 5.91 Å². The van der Waals surface area contributed by atoms with E-state index in [1.165, 1.54) is 24.4 Å². The summed E-state index contributed by atoms with van der Waals surface area (Å²) >= 11 is 6.41. The van der Waals surface area contributed by atoms with Crippen molar-refractivity contribution >= 4 is 44.0 Å². The molecule has 0 aliphatic carbocycles. The Morgan fingerprint density at radius 2 is 1.59 bits per heavy atom. The molecule has 0 aliphatic heterocycles. The molecular weight excluding hydrogens is 561 g/mol. The molecular formula is C21H13Br2F3N2O4. The van der Waals surface area contributed by atoms with Crippen molar-refractivity contribution in [2.75, 3.05) is 0 Å². The first-order chi connectivity index (χ1) is 15.1. The molecule has 0 aromatic heterocycles. The zero-order valence-electron chi connectivity index (χ0n) is 15.9. The predicted molar refractivity (Wildman–Crippen MR) is 118 cm³/mol. The number of ether oxygens (including phenoxy) is 2. The fourth-order valence-electron chi connectivity index (χ4n) is 2.44. The van der Waals surface area contributed by atoms with E-state index < -0.39 is 12.3 Å². The molecule has 0 saturated carbocycles. The summed E-state index contributed by atoms with van der Waals surface area (Å²) in [6.45, 7) is 0. The van der Waals surface area contributed by atoms with E-state index >= 15 is 0 Å². The van der Waals surface area contributed by atoms with Crippen molar-refractivity contribution in [3.63, 3.8) is 0 Å². The van der Waals surface area contributed by atoms with Crippen molar-refractivity contribution in [3.8, 4) is 23.0 Å². The summed E-state index contributed by atoms with van der Waals surface area (Å²) in [4.78, 5) is 12.3. The Bertz CT molecular complexity index is 1130. The molecule has 3 aromatic rings. The average molecular weight is 574 g/mol. The number of aromatic hydroxyl groups is 1. The molecule has 32 heavy (non-hydrogen) atoms. The third-order valence-electron chi connectivity index (χ3n) is 3.81. The Labute approximate surface area is 196 Å². The molecule has 0 bridgehead atoms. The third kappa shape index (κ3) is 6.72. The van der Waals surface area contributed by atoms with Crippen molar-refractivity contribution in [2.45, 2.75) is 6.36 Å². The van der Waals surface area contributed by atoms with E-state index in [0.717, 1.165) is 12.1 Å². The number of nitrogens with one attached hydrogen (secondary N) is 1. The van der Waals surface area contributed by atoms with Gasteiger partial charge < -0.3 is 14.6 Å². The average Bonchev–Trinajstić information content (AvgIpc) is 2.72. The molecule has 0 heterocycles. The van der Waals surface area contributed by atoms with Crippen LogP contribution in [0, 0.1) is 0 Å². The number of carbonyl (C=O) groups is 1. The maximum absolute atomic E-state index is 12.3. The minimum absolute atomic E-state index is 0.0468. The maximum Gasteiger partial charge on any atom is 0.573 e. The van der Waals surface area contributed by atoms with Gasteiger partial charge in [-0.2, -0.15) is 5.10 Å². The highest BCUT2D eigenvalue weighted by molar-refractivity contribution is 9.11. The van der Waals surface area contributed by atoms with Gasteiger partial charge in [0.2, 0.25) is 0 Å². The van der Waals surface area contributed by atoms with Crippen molar-refractivity contribution in [3.05, 3.63) is 80.7 Å². The summed E-state index contributed by atoms with van der Waals surface area (Å²) in [5.74, 6) is -0.261. The van der Waals surface area contributed by atoms with Gasteiger partial charge in [0.05, 0.1) is 15.2 Å². The van der Waals surface area contributed by atoms with Gasteiger partial charge in [0, 0.05) is 5.56 Å². The zero-order chi connectivity index (χ0) is 23.3. The van der Waals surface area contributed by atoms with Crippen molar-refractivity contribution in [1.29, 1.82) is 0 Å². The van der Waals surface area contributed by atoms with Crippen molar-refractivity contribution < 1.29 is 32.5 Å². The third-order valence-corrected chi connectivity index (χ3v) is 5.02. The second kappa shape index (κ2) is 10.0. The second-order valence-corrected chi connectivity index (χ2v) is 7.89. The minimum atomic E-state index is -4.78. The first kappa shape index (κ1) is 23.6. The number of hydrogen-bond acceptors (Lipinski definition) is 5. The number of phenols is 1. The highest BCUT2D eigenvalue weighted by atomic mass is 79.9. The second-order valence-electron chi connectivity index (χ2n) is 6.18. The molecule has 0 spiro atoms. The molecule has 6 nitrogen and oxygen atoms in total. The highest BCUT2D eigenvalue weighted by Crippen LogP contribution is 2.33. The fourth-order valence-corrected chi connectivity index (χ4v) is 3.66. The molecule has 3 rings (SSSR count). The lowest BCUT2D eigenvalue weighted by atomic mass is 10.2. The molecule has 0 atom stereocenters. The Morgan fingerprint density at radius 1 is 0.969 bits per heavy atom. The number of halogens is 5. The van der Waals surface area contributed by atoms with Crippen LogP contribution in [0.15, 0.2) is 74.7 Å². The zero-order valence-corrected chi connectivity index (χ0v) is 19.0. The largest absolute Gasteiger partial charge is 0.573 e. The number of alkyl halides is 3. The molecule has 0 saturated heterocycles. The van der Waals surface area contributed by atoms with Gasteiger partial charge in [-0.25, -0.2) is 5.43 Å². The summed E-state index contributed by atoms with van der Waals surface area (Å²) in [6, 6.07) is 14.3. The lowest BCUT2D eigenvalue weighted by molar-refractivity contribution is -0.274. The molecule has 166 valence electrons. The Morgan fingerprint density at radius 3 is 2.22 bits per heavy atom. The summed E-state index contributed by atoms with van der Waals surface area (Å²) in [6.07, 6.45) is -3.38. The van der Waals surface area contributed by atoms with Gasteiger partial charge in [-0.15, -0.1) is 13.2 Å². The normalized spacial score (nSPS) is 11.4. The number of benzene rings is 3. The maximum atomic E-state index is 12.3. The standard InChI is InChI=1S/C21H13Br2F3N2O4/c22-17-8-12(9-18(23)19(17)29)11-27-28-20(30)13-2-1-3-16(10-13)31-14-4-6-15(7-5-14)32-21(24,25)26/h1-11,29H,(H,28,30). The van der Waals surface area contributed by atoms with Gasteiger partial charge in [-0.3, -0.25) is 4.79 Å². The van der Waals surface area contributed by atoms with Crippen LogP contribution >= 0.6 is 31.9 Å². The van der Waals surface area contributed by atoms with Crippen LogP contribution in [-0.4, -0.2) is 23.6 Å². The summed E-state index contributed by atoms with van der Waals surface area (Å²) in [5, 5.41) is 13.6. The van der Waals surface area contributed by atoms with Gasteiger partial charge >= 0.3 is 6.36 Å². The smallest absolute Gasteiger partial charge is 0.506 e. The molecule has 1 amide bonds. The van der Waals surface area contributed by atoms with Crippen LogP contribution in [0.5, 0.6) is 23.0 Å². The van der Waals surface area contributed by atoms with E-state index in [-0.39, 0.29) is 22.8 Å². The van der Waals surface area contributed by atoms with Crippen LogP contribution in [-0.2, 0) is 0 Å². The summed E-state index contributed by atoms with van der Waals surface area (Å²) in [7, 11) is 0. The predicted octanol–water partition coefficient (Wildman–Crippen LogP) is 6.37. The lowest BCUT2D eigenvalue weighted by Crippen LogP contribution is -2.17. The quantitative estimate of drug-likeness (QED) is 0.265. The highest BCUT2D eigenvalue weighted by Gasteiger charge is 2.31. The number of amides is 1. The van der Waals surface area contributed by atoms with Gasteiger partial charge in [-0.05, 0) is 92.0 Å². The van der Waals surface area contributed by atoms with E-state index in [9.17, 15) is 23.1 Å². The lowest BCUT2D eigenvalue weighted by Gasteiger charge is -2.10. The number of nitrogens with zero attached hydrogens (tertiary/aromatic N) is 1. The van der Waals surface area contributed by atoms with Gasteiger partial charge in [-0.1, -0.05) is 6.07 Å². The number of hydrogen-bond donors (Lipinski definition) is 2. The first-order valence-corrected chi connectivity index (χ1v) is 10.3. The molecule has 11 heteroatoms. The van der Waals surface area contributed by atoms with E-state index in [0.29, 0.717) is 20.3 Å². The molecule has 0 aliphatic rings. The Kier molecular flexibility index (Phi) is 7.41.